The first-order valence-electron chi connectivity index (χ1n) is 14.0. The van der Waals surface area contributed by atoms with E-state index in [-0.39, 0.29) is 17.7 Å². The molecule has 1 fully saturated rings. The van der Waals surface area contributed by atoms with Crippen LogP contribution >= 0.6 is 0 Å². The maximum Gasteiger partial charge on any atom is 0.257 e. The number of hydrogen-bond acceptors (Lipinski definition) is 4. The van der Waals surface area contributed by atoms with Gasteiger partial charge in [0.1, 0.15) is 5.54 Å². The van der Waals surface area contributed by atoms with Crippen LogP contribution in [0.5, 0.6) is 0 Å². The molecule has 6 heteroatoms. The van der Waals surface area contributed by atoms with E-state index in [0.717, 1.165) is 69.0 Å². The smallest absolute Gasteiger partial charge is 0.257 e. The number of hydrogen-bond donors (Lipinski definition) is 1. The number of rotatable bonds is 12. The third kappa shape index (κ3) is 6.06. The van der Waals surface area contributed by atoms with E-state index < -0.39 is 5.54 Å². The molecule has 1 unspecified atom stereocenters. The van der Waals surface area contributed by atoms with Crippen LogP contribution in [-0.2, 0) is 9.59 Å². The van der Waals surface area contributed by atoms with Crippen molar-refractivity contribution in [2.24, 2.45) is 16.6 Å². The lowest BCUT2D eigenvalue weighted by molar-refractivity contribution is -0.132. The maximum absolute atomic E-state index is 13.8. The molecule has 2 aromatic rings. The summed E-state index contributed by atoms with van der Waals surface area (Å²) in [6.45, 7) is 6.32. The Bertz CT molecular complexity index is 1020. The summed E-state index contributed by atoms with van der Waals surface area (Å²) < 4.78 is 0. The lowest BCUT2D eigenvalue weighted by Gasteiger charge is -2.27. The number of carbonyl (C=O) groups is 2. The second kappa shape index (κ2) is 12.4. The van der Waals surface area contributed by atoms with E-state index in [9.17, 15) is 9.59 Å². The van der Waals surface area contributed by atoms with Gasteiger partial charge < -0.3 is 10.6 Å². The minimum Gasteiger partial charge on any atom is -0.369 e. The number of unbranched alkanes of at least 4 members (excludes halogenated alkanes) is 2. The van der Waals surface area contributed by atoms with E-state index in [1.54, 1.807) is 4.90 Å². The highest BCUT2D eigenvalue weighted by molar-refractivity contribution is 6.06. The quantitative estimate of drug-likeness (QED) is 0.426. The Morgan fingerprint density at radius 2 is 1.57 bits per heavy atom. The van der Waals surface area contributed by atoms with Gasteiger partial charge in [0, 0.05) is 19.6 Å². The van der Waals surface area contributed by atoms with Crippen LogP contribution < -0.4 is 5.73 Å². The second-order valence-electron chi connectivity index (χ2n) is 10.6. The zero-order chi connectivity index (χ0) is 26.3. The van der Waals surface area contributed by atoms with Gasteiger partial charge in [-0.15, -0.1) is 0 Å². The Morgan fingerprint density at radius 1 is 1.00 bits per heavy atom. The Morgan fingerprint density at radius 3 is 2.11 bits per heavy atom. The third-order valence-electron chi connectivity index (χ3n) is 8.01. The van der Waals surface area contributed by atoms with Crippen molar-refractivity contribution in [3.05, 3.63) is 71.8 Å². The summed E-state index contributed by atoms with van der Waals surface area (Å²) in [6, 6.07) is 20.1. The summed E-state index contributed by atoms with van der Waals surface area (Å²) in [5.41, 5.74) is 7.67. The molecule has 0 bridgehead atoms. The number of benzene rings is 2. The summed E-state index contributed by atoms with van der Waals surface area (Å²) in [7, 11) is 0. The van der Waals surface area contributed by atoms with E-state index >= 15 is 0 Å². The predicted octanol–water partition coefficient (Wildman–Crippen LogP) is 5.33. The van der Waals surface area contributed by atoms with Crippen molar-refractivity contribution < 1.29 is 9.59 Å². The van der Waals surface area contributed by atoms with Gasteiger partial charge in [-0.25, -0.2) is 4.99 Å². The van der Waals surface area contributed by atoms with Gasteiger partial charge >= 0.3 is 0 Å². The number of nitrogens with two attached hydrogens (primary N) is 1. The average Bonchev–Trinajstić information content (AvgIpc) is 3.49. The Kier molecular flexibility index (Phi) is 9.01. The number of likely N-dealkylation sites (tertiary alicyclic amines) is 1. The predicted molar refractivity (Wildman–Crippen MR) is 149 cm³/mol. The van der Waals surface area contributed by atoms with Gasteiger partial charge in [-0.05, 0) is 42.7 Å². The minimum atomic E-state index is -0.674. The molecule has 198 valence electrons. The highest BCUT2D eigenvalue weighted by atomic mass is 16.2. The van der Waals surface area contributed by atoms with E-state index in [1.165, 1.54) is 0 Å². The standard InChI is InChI=1S/C31H42N4O2/c1-3-5-19-31(20-6-4-2)29(37)35(30(32)33-31)22-18-24-17-21-34(23-24)28(36)27(25-13-9-7-10-14-25)26-15-11-8-12-16-26/h7-16,24,27H,3-6,17-23H2,1-2H3,(H2,32,33). The number of carbonyl (C=O) groups excluding carboxylic acids is 2. The van der Waals surface area contributed by atoms with Crippen LogP contribution in [0.25, 0.3) is 0 Å². The molecule has 6 nitrogen and oxygen atoms in total. The summed E-state index contributed by atoms with van der Waals surface area (Å²) >= 11 is 0. The number of amides is 2. The number of aliphatic imine (C=N–C) groups is 1. The fourth-order valence-electron chi connectivity index (χ4n) is 5.82. The Hall–Kier alpha value is -3.15. The first kappa shape index (κ1) is 26.9. The molecule has 2 N–H and O–H groups in total. The van der Waals surface area contributed by atoms with Crippen molar-refractivity contribution in [3.63, 3.8) is 0 Å². The van der Waals surface area contributed by atoms with Crippen LogP contribution in [0.4, 0.5) is 0 Å². The molecule has 1 atom stereocenters. The fourth-order valence-corrected chi connectivity index (χ4v) is 5.82. The van der Waals surface area contributed by atoms with Crippen LogP contribution in [0.3, 0.4) is 0 Å². The van der Waals surface area contributed by atoms with Gasteiger partial charge in [-0.3, -0.25) is 14.5 Å². The van der Waals surface area contributed by atoms with Crippen LogP contribution in [0.1, 0.15) is 82.3 Å². The van der Waals surface area contributed by atoms with Gasteiger partial charge in [0.2, 0.25) is 5.91 Å². The molecule has 0 spiro atoms. The summed E-state index contributed by atoms with van der Waals surface area (Å²) in [5.74, 6) is 0.638. The van der Waals surface area contributed by atoms with Gasteiger partial charge in [-0.2, -0.15) is 0 Å². The van der Waals surface area contributed by atoms with Gasteiger partial charge in [0.15, 0.2) is 5.96 Å². The van der Waals surface area contributed by atoms with E-state index in [4.69, 9.17) is 10.7 Å². The summed E-state index contributed by atoms with van der Waals surface area (Å²) in [4.78, 5) is 35.7. The summed E-state index contributed by atoms with van der Waals surface area (Å²) in [5, 5.41) is 0. The largest absolute Gasteiger partial charge is 0.369 e. The van der Waals surface area contributed by atoms with E-state index in [0.29, 0.717) is 25.0 Å². The van der Waals surface area contributed by atoms with Gasteiger partial charge in [0.25, 0.3) is 5.91 Å². The zero-order valence-electron chi connectivity index (χ0n) is 22.4. The van der Waals surface area contributed by atoms with E-state index in [2.05, 4.69) is 13.8 Å². The van der Waals surface area contributed by atoms with Crippen LogP contribution in [0, 0.1) is 5.92 Å². The SMILES string of the molecule is CCCCC1(CCCC)N=C(N)N(CCC2CCN(C(=O)C(c3ccccc3)c3ccccc3)C2)C1=O. The molecule has 0 aromatic heterocycles. The van der Waals surface area contributed by atoms with E-state index in [1.807, 2.05) is 65.6 Å². The molecule has 2 aromatic carbocycles. The number of nitrogens with zero attached hydrogens (tertiary/aromatic N) is 3. The lowest BCUT2D eigenvalue weighted by Crippen LogP contribution is -2.45. The van der Waals surface area contributed by atoms with Crippen molar-refractivity contribution in [1.29, 1.82) is 0 Å². The first-order valence-corrected chi connectivity index (χ1v) is 14.0. The minimum absolute atomic E-state index is 0.0750. The summed E-state index contributed by atoms with van der Waals surface area (Å²) in [6.07, 6.45) is 7.33. The molecule has 37 heavy (non-hydrogen) atoms. The topological polar surface area (TPSA) is 79.0 Å². The normalized spacial score (nSPS) is 19.1. The molecule has 2 aliphatic rings. The van der Waals surface area contributed by atoms with Gasteiger partial charge in [0.05, 0.1) is 5.92 Å². The highest BCUT2D eigenvalue weighted by Gasteiger charge is 2.46. The Labute approximate surface area is 221 Å². The van der Waals surface area contributed by atoms with Crippen LogP contribution in [-0.4, -0.2) is 52.7 Å². The molecule has 2 heterocycles. The Balaban J connectivity index is 1.39. The van der Waals surface area contributed by atoms with Crippen molar-refractivity contribution in [2.45, 2.75) is 76.7 Å². The molecule has 2 aliphatic heterocycles. The molecule has 2 amide bonds. The second-order valence-corrected chi connectivity index (χ2v) is 10.6. The maximum atomic E-state index is 13.8. The van der Waals surface area contributed by atoms with Gasteiger partial charge in [-0.1, -0.05) is 100 Å². The lowest BCUT2D eigenvalue weighted by atomic mass is 9.87. The van der Waals surface area contributed by atoms with Crippen molar-refractivity contribution >= 4 is 17.8 Å². The molecule has 1 saturated heterocycles. The first-order chi connectivity index (χ1) is 18.0. The molecular formula is C31H42N4O2. The third-order valence-corrected chi connectivity index (χ3v) is 8.01. The molecule has 0 aliphatic carbocycles. The highest BCUT2D eigenvalue weighted by Crippen LogP contribution is 2.34. The van der Waals surface area contributed by atoms with Crippen molar-refractivity contribution in [3.8, 4) is 0 Å². The van der Waals surface area contributed by atoms with Crippen LogP contribution in [0.2, 0.25) is 0 Å². The molecule has 0 saturated carbocycles. The van der Waals surface area contributed by atoms with Crippen molar-refractivity contribution in [1.82, 2.24) is 9.80 Å². The fraction of sp³-hybridized carbons (Fsp3) is 0.516. The zero-order valence-corrected chi connectivity index (χ0v) is 22.4. The van der Waals surface area contributed by atoms with Crippen molar-refractivity contribution in [2.75, 3.05) is 19.6 Å². The average molecular weight is 503 g/mol. The molecule has 0 radical (unpaired) electrons. The monoisotopic (exact) mass is 502 g/mol. The van der Waals surface area contributed by atoms with Crippen LogP contribution in [0.15, 0.2) is 65.7 Å². The molecular weight excluding hydrogens is 460 g/mol. The number of guanidine groups is 1. The molecule has 4 rings (SSSR count).